The Kier molecular flexibility index (Phi) is 6.18. The largest absolute Gasteiger partial charge is 0.344 e. The molecule has 5 nitrogen and oxygen atoms in total. The van der Waals surface area contributed by atoms with Crippen molar-refractivity contribution in [1.29, 1.82) is 0 Å². The fourth-order valence-corrected chi connectivity index (χ4v) is 2.57. The first-order valence-corrected chi connectivity index (χ1v) is 6.92. The molecule has 0 spiro atoms. The van der Waals surface area contributed by atoms with Crippen molar-refractivity contribution in [2.45, 2.75) is 44.8 Å². The second kappa shape index (κ2) is 7.43. The number of hydrogen-bond donors (Lipinski definition) is 2. The lowest BCUT2D eigenvalue weighted by molar-refractivity contribution is -0.126. The molecule has 6 heteroatoms. The molecule has 1 aromatic carbocycles. The Bertz CT molecular complexity index is 493. The minimum atomic E-state index is -0.448. The van der Waals surface area contributed by atoms with Crippen LogP contribution in [0.1, 0.15) is 26.7 Å². The third kappa shape index (κ3) is 4.19. The highest BCUT2D eigenvalue weighted by Crippen LogP contribution is 2.26. The second-order valence-electron chi connectivity index (χ2n) is 5.43. The summed E-state index contributed by atoms with van der Waals surface area (Å²) in [7, 11) is 0. The summed E-state index contributed by atoms with van der Waals surface area (Å²) in [4.78, 5) is 25.9. The van der Waals surface area contributed by atoms with Crippen LogP contribution < -0.4 is 16.0 Å². The molecular weight excluding hydrogens is 290 g/mol. The smallest absolute Gasteiger partial charge is 0.249 e. The van der Waals surface area contributed by atoms with Crippen LogP contribution in [0.25, 0.3) is 0 Å². The number of hydrogen-bond acceptors (Lipinski definition) is 3. The van der Waals surface area contributed by atoms with Gasteiger partial charge in [-0.15, -0.1) is 12.4 Å². The van der Waals surface area contributed by atoms with Gasteiger partial charge in [0.1, 0.15) is 6.04 Å². The van der Waals surface area contributed by atoms with E-state index in [0.717, 1.165) is 5.69 Å². The maximum Gasteiger partial charge on any atom is 0.249 e. The van der Waals surface area contributed by atoms with E-state index in [-0.39, 0.29) is 42.7 Å². The predicted molar refractivity (Wildman–Crippen MR) is 85.5 cm³/mol. The molecule has 0 saturated carbocycles. The number of amides is 2. The molecule has 1 heterocycles. The molecule has 0 radical (unpaired) electrons. The van der Waals surface area contributed by atoms with Crippen molar-refractivity contribution in [3.8, 4) is 0 Å². The van der Waals surface area contributed by atoms with Gasteiger partial charge in [-0.25, -0.2) is 0 Å². The second-order valence-corrected chi connectivity index (χ2v) is 5.43. The van der Waals surface area contributed by atoms with E-state index in [1.165, 1.54) is 0 Å². The highest BCUT2D eigenvalue weighted by molar-refractivity contribution is 6.02. The third-order valence-corrected chi connectivity index (χ3v) is 3.43. The zero-order valence-electron chi connectivity index (χ0n) is 12.3. The Hall–Kier alpha value is -1.59. The van der Waals surface area contributed by atoms with E-state index in [2.05, 4.69) is 5.32 Å². The van der Waals surface area contributed by atoms with Crippen LogP contribution in [0, 0.1) is 0 Å². The average molecular weight is 312 g/mol. The molecule has 1 aliphatic heterocycles. The van der Waals surface area contributed by atoms with E-state index < -0.39 is 6.04 Å². The van der Waals surface area contributed by atoms with Crippen LogP contribution in [0.15, 0.2) is 30.3 Å². The molecule has 0 aliphatic carbocycles. The molecule has 0 bridgehead atoms. The lowest BCUT2D eigenvalue weighted by Gasteiger charge is -2.21. The normalized spacial score (nSPS) is 22.6. The molecule has 2 rings (SSSR count). The van der Waals surface area contributed by atoms with E-state index in [9.17, 15) is 9.59 Å². The highest BCUT2D eigenvalue weighted by atomic mass is 35.5. The maximum atomic E-state index is 12.4. The molecule has 1 saturated heterocycles. The number of rotatable bonds is 4. The van der Waals surface area contributed by atoms with Crippen molar-refractivity contribution < 1.29 is 9.59 Å². The number of para-hydroxylation sites is 1. The first-order chi connectivity index (χ1) is 9.49. The first kappa shape index (κ1) is 17.5. The topological polar surface area (TPSA) is 75.4 Å². The minimum absolute atomic E-state index is 0. The summed E-state index contributed by atoms with van der Waals surface area (Å²) in [5, 5.41) is 2.78. The molecule has 116 valence electrons. The molecule has 1 aromatic rings. The van der Waals surface area contributed by atoms with Crippen molar-refractivity contribution in [3.63, 3.8) is 0 Å². The molecule has 0 aromatic heterocycles. The summed E-state index contributed by atoms with van der Waals surface area (Å²) in [5.41, 5.74) is 6.46. The Labute approximate surface area is 131 Å². The summed E-state index contributed by atoms with van der Waals surface area (Å²) in [6.07, 6.45) is 0.863. The Morgan fingerprint density at radius 3 is 2.62 bits per heavy atom. The van der Waals surface area contributed by atoms with Crippen LogP contribution in [0.2, 0.25) is 0 Å². The summed E-state index contributed by atoms with van der Waals surface area (Å²) >= 11 is 0. The number of carbonyl (C=O) groups excluding carboxylic acids is 2. The van der Waals surface area contributed by atoms with Crippen molar-refractivity contribution in [3.05, 3.63) is 30.3 Å². The SMILES string of the molecule is CC(N)CC(=O)NC1CC(C)N(c2ccccc2)C1=O.Cl. The lowest BCUT2D eigenvalue weighted by atomic mass is 10.1. The Balaban J connectivity index is 0.00000220. The van der Waals surface area contributed by atoms with E-state index in [1.807, 2.05) is 37.3 Å². The number of anilines is 1. The van der Waals surface area contributed by atoms with E-state index in [4.69, 9.17) is 5.73 Å². The number of nitrogens with two attached hydrogens (primary N) is 1. The number of halogens is 1. The molecule has 3 unspecified atom stereocenters. The Morgan fingerprint density at radius 2 is 2.05 bits per heavy atom. The van der Waals surface area contributed by atoms with Crippen LogP contribution in [0.5, 0.6) is 0 Å². The van der Waals surface area contributed by atoms with Crippen molar-refractivity contribution in [2.24, 2.45) is 5.73 Å². The molecular formula is C15H22ClN3O2. The first-order valence-electron chi connectivity index (χ1n) is 6.92. The molecule has 3 atom stereocenters. The van der Waals surface area contributed by atoms with Gasteiger partial charge in [-0.3, -0.25) is 9.59 Å². The van der Waals surface area contributed by atoms with Gasteiger partial charge in [-0.2, -0.15) is 0 Å². The quantitative estimate of drug-likeness (QED) is 0.884. The van der Waals surface area contributed by atoms with Crippen LogP contribution in [0.3, 0.4) is 0 Å². The number of benzene rings is 1. The van der Waals surface area contributed by atoms with Gasteiger partial charge in [-0.05, 0) is 32.4 Å². The Morgan fingerprint density at radius 1 is 1.43 bits per heavy atom. The molecule has 21 heavy (non-hydrogen) atoms. The summed E-state index contributed by atoms with van der Waals surface area (Å²) in [6, 6.07) is 8.95. The zero-order valence-corrected chi connectivity index (χ0v) is 13.1. The summed E-state index contributed by atoms with van der Waals surface area (Å²) in [5.74, 6) is -0.220. The monoisotopic (exact) mass is 311 g/mol. The van der Waals surface area contributed by atoms with Crippen LogP contribution >= 0.6 is 12.4 Å². The molecule has 1 aliphatic rings. The van der Waals surface area contributed by atoms with Crippen LogP contribution in [0.4, 0.5) is 5.69 Å². The van der Waals surface area contributed by atoms with Crippen LogP contribution in [-0.2, 0) is 9.59 Å². The van der Waals surface area contributed by atoms with E-state index >= 15 is 0 Å². The zero-order chi connectivity index (χ0) is 14.7. The van der Waals surface area contributed by atoms with Crippen LogP contribution in [-0.4, -0.2) is 29.9 Å². The maximum absolute atomic E-state index is 12.4. The van der Waals surface area contributed by atoms with Gasteiger partial charge in [0, 0.05) is 24.2 Å². The van der Waals surface area contributed by atoms with Crippen molar-refractivity contribution in [2.75, 3.05) is 4.90 Å². The van der Waals surface area contributed by atoms with Gasteiger partial charge in [-0.1, -0.05) is 18.2 Å². The van der Waals surface area contributed by atoms with Gasteiger partial charge < -0.3 is 16.0 Å². The van der Waals surface area contributed by atoms with Crippen molar-refractivity contribution >= 4 is 29.9 Å². The summed E-state index contributed by atoms with van der Waals surface area (Å²) in [6.45, 7) is 3.76. The molecule has 3 N–H and O–H groups in total. The number of nitrogens with one attached hydrogen (secondary N) is 1. The fraction of sp³-hybridized carbons (Fsp3) is 0.467. The van der Waals surface area contributed by atoms with Gasteiger partial charge in [0.05, 0.1) is 0 Å². The molecule has 1 fully saturated rings. The summed E-state index contributed by atoms with van der Waals surface area (Å²) < 4.78 is 0. The number of nitrogens with zero attached hydrogens (tertiary/aromatic N) is 1. The van der Waals surface area contributed by atoms with Gasteiger partial charge in [0.25, 0.3) is 0 Å². The van der Waals surface area contributed by atoms with E-state index in [0.29, 0.717) is 6.42 Å². The van der Waals surface area contributed by atoms with Gasteiger partial charge in [0.2, 0.25) is 11.8 Å². The minimum Gasteiger partial charge on any atom is -0.344 e. The average Bonchev–Trinajstić information content (AvgIpc) is 2.64. The third-order valence-electron chi connectivity index (χ3n) is 3.43. The predicted octanol–water partition coefficient (Wildman–Crippen LogP) is 1.46. The van der Waals surface area contributed by atoms with Crippen molar-refractivity contribution in [1.82, 2.24) is 5.32 Å². The molecule has 2 amide bonds. The lowest BCUT2D eigenvalue weighted by Crippen LogP contribution is -2.43. The number of carbonyl (C=O) groups is 2. The fourth-order valence-electron chi connectivity index (χ4n) is 2.57. The van der Waals surface area contributed by atoms with E-state index in [1.54, 1.807) is 11.8 Å². The van der Waals surface area contributed by atoms with Gasteiger partial charge >= 0.3 is 0 Å². The highest BCUT2D eigenvalue weighted by Gasteiger charge is 2.38. The van der Waals surface area contributed by atoms with Gasteiger partial charge in [0.15, 0.2) is 0 Å². The standard InChI is InChI=1S/C15H21N3O2.ClH/c1-10(16)8-14(19)17-13-9-11(2)18(15(13)20)12-6-4-3-5-7-12;/h3-7,10-11,13H,8-9,16H2,1-2H3,(H,17,19);1H.